The molecular weight excluding hydrogens is 264 g/mol. The molecule has 21 heavy (non-hydrogen) atoms. The molecule has 2 aromatic rings. The topological polar surface area (TPSA) is 46.5 Å². The van der Waals surface area contributed by atoms with E-state index in [0.29, 0.717) is 5.56 Å². The Morgan fingerprint density at radius 2 is 2.05 bits per heavy atom. The quantitative estimate of drug-likeness (QED) is 0.920. The number of aryl methyl sites for hydroxylation is 2. The van der Waals surface area contributed by atoms with Crippen molar-refractivity contribution in [1.29, 1.82) is 0 Å². The minimum Gasteiger partial charge on any atom is -0.485 e. The van der Waals surface area contributed by atoms with Crippen molar-refractivity contribution >= 4 is 5.97 Å². The minimum atomic E-state index is -0.910. The van der Waals surface area contributed by atoms with E-state index in [0.717, 1.165) is 30.6 Å². The molecule has 3 rings (SSSR count). The molecule has 1 N–H and O–H groups in total. The Kier molecular flexibility index (Phi) is 3.65. The lowest BCUT2D eigenvalue weighted by atomic mass is 9.89. The SMILES string of the molecule is Cc1cc(C(=O)O)ccc1OC1CCCc2ccccc21. The van der Waals surface area contributed by atoms with Crippen molar-refractivity contribution in [3.05, 3.63) is 64.7 Å². The second-order valence-electron chi connectivity index (χ2n) is 5.48. The van der Waals surface area contributed by atoms with Gasteiger partial charge in [-0.2, -0.15) is 0 Å². The van der Waals surface area contributed by atoms with Crippen LogP contribution in [0.25, 0.3) is 0 Å². The summed E-state index contributed by atoms with van der Waals surface area (Å²) in [5, 5.41) is 9.01. The second-order valence-corrected chi connectivity index (χ2v) is 5.48. The summed E-state index contributed by atoms with van der Waals surface area (Å²) in [5.41, 5.74) is 3.76. The van der Waals surface area contributed by atoms with Crippen molar-refractivity contribution in [2.75, 3.05) is 0 Å². The Morgan fingerprint density at radius 1 is 1.24 bits per heavy atom. The first-order valence-electron chi connectivity index (χ1n) is 7.23. The van der Waals surface area contributed by atoms with Crippen LogP contribution in [0.3, 0.4) is 0 Å². The van der Waals surface area contributed by atoms with Crippen LogP contribution in [0.15, 0.2) is 42.5 Å². The smallest absolute Gasteiger partial charge is 0.335 e. The van der Waals surface area contributed by atoms with Gasteiger partial charge in [-0.3, -0.25) is 0 Å². The van der Waals surface area contributed by atoms with E-state index in [1.54, 1.807) is 18.2 Å². The third kappa shape index (κ3) is 2.77. The molecule has 0 radical (unpaired) electrons. The number of carbonyl (C=O) groups is 1. The maximum absolute atomic E-state index is 11.0. The first-order chi connectivity index (χ1) is 10.1. The summed E-state index contributed by atoms with van der Waals surface area (Å²) in [4.78, 5) is 11.0. The van der Waals surface area contributed by atoms with Crippen LogP contribution in [0.4, 0.5) is 0 Å². The van der Waals surface area contributed by atoms with Crippen LogP contribution in [0, 0.1) is 6.92 Å². The van der Waals surface area contributed by atoms with Crippen LogP contribution in [0.2, 0.25) is 0 Å². The van der Waals surface area contributed by atoms with Gasteiger partial charge in [0.2, 0.25) is 0 Å². The standard InChI is InChI=1S/C18H18O3/c1-12-11-14(18(19)20)9-10-16(12)21-17-8-4-6-13-5-2-3-7-15(13)17/h2-3,5,7,9-11,17H,4,6,8H2,1H3,(H,19,20). The Morgan fingerprint density at radius 3 is 2.81 bits per heavy atom. The van der Waals surface area contributed by atoms with Gasteiger partial charge in [0.05, 0.1) is 5.56 Å². The third-order valence-corrected chi connectivity index (χ3v) is 4.01. The van der Waals surface area contributed by atoms with Crippen molar-refractivity contribution < 1.29 is 14.6 Å². The van der Waals surface area contributed by atoms with Gasteiger partial charge in [-0.15, -0.1) is 0 Å². The summed E-state index contributed by atoms with van der Waals surface area (Å²) in [6.07, 6.45) is 3.28. The number of rotatable bonds is 3. The monoisotopic (exact) mass is 282 g/mol. The molecule has 0 aromatic heterocycles. The van der Waals surface area contributed by atoms with E-state index in [-0.39, 0.29) is 6.10 Å². The Hall–Kier alpha value is -2.29. The molecule has 0 saturated carbocycles. The summed E-state index contributed by atoms with van der Waals surface area (Å²) in [5.74, 6) is -0.144. The van der Waals surface area contributed by atoms with Crippen molar-refractivity contribution in [3.8, 4) is 5.75 Å². The zero-order valence-corrected chi connectivity index (χ0v) is 12.0. The largest absolute Gasteiger partial charge is 0.485 e. The van der Waals surface area contributed by atoms with Crippen LogP contribution >= 0.6 is 0 Å². The molecule has 0 aliphatic heterocycles. The van der Waals surface area contributed by atoms with E-state index < -0.39 is 5.97 Å². The van der Waals surface area contributed by atoms with Crippen molar-refractivity contribution in [3.63, 3.8) is 0 Å². The Bertz CT molecular complexity index is 676. The van der Waals surface area contributed by atoms with Gasteiger partial charge < -0.3 is 9.84 Å². The molecule has 2 aromatic carbocycles. The van der Waals surface area contributed by atoms with Gasteiger partial charge in [0, 0.05) is 0 Å². The fraction of sp³-hybridized carbons (Fsp3) is 0.278. The van der Waals surface area contributed by atoms with E-state index in [9.17, 15) is 4.79 Å². The average Bonchev–Trinajstić information content (AvgIpc) is 2.49. The number of hydrogen-bond donors (Lipinski definition) is 1. The van der Waals surface area contributed by atoms with E-state index in [4.69, 9.17) is 9.84 Å². The molecule has 1 aliphatic carbocycles. The number of hydrogen-bond acceptors (Lipinski definition) is 2. The normalized spacial score (nSPS) is 17.1. The van der Waals surface area contributed by atoms with Crippen LogP contribution < -0.4 is 4.74 Å². The van der Waals surface area contributed by atoms with E-state index in [2.05, 4.69) is 18.2 Å². The highest BCUT2D eigenvalue weighted by atomic mass is 16.5. The highest BCUT2D eigenvalue weighted by Gasteiger charge is 2.22. The molecular formula is C18H18O3. The van der Waals surface area contributed by atoms with Gasteiger partial charge in [-0.05, 0) is 61.1 Å². The van der Waals surface area contributed by atoms with E-state index >= 15 is 0 Å². The van der Waals surface area contributed by atoms with Crippen LogP contribution in [-0.2, 0) is 6.42 Å². The lowest BCUT2D eigenvalue weighted by Gasteiger charge is -2.27. The summed E-state index contributed by atoms with van der Waals surface area (Å²) < 4.78 is 6.15. The van der Waals surface area contributed by atoms with Gasteiger partial charge in [-0.1, -0.05) is 24.3 Å². The Balaban J connectivity index is 1.86. The number of ether oxygens (including phenoxy) is 1. The average molecular weight is 282 g/mol. The molecule has 0 heterocycles. The number of benzene rings is 2. The summed E-state index contributed by atoms with van der Waals surface area (Å²) >= 11 is 0. The molecule has 0 spiro atoms. The molecule has 0 fully saturated rings. The minimum absolute atomic E-state index is 0.0596. The van der Waals surface area contributed by atoms with Crippen LogP contribution in [-0.4, -0.2) is 11.1 Å². The van der Waals surface area contributed by atoms with E-state index in [1.807, 2.05) is 13.0 Å². The molecule has 0 bridgehead atoms. The zero-order valence-electron chi connectivity index (χ0n) is 12.0. The number of carboxylic acids is 1. The van der Waals surface area contributed by atoms with Gasteiger partial charge in [0.15, 0.2) is 0 Å². The maximum Gasteiger partial charge on any atom is 0.335 e. The third-order valence-electron chi connectivity index (χ3n) is 4.01. The number of carboxylic acid groups (broad SMARTS) is 1. The fourth-order valence-electron chi connectivity index (χ4n) is 2.90. The lowest BCUT2D eigenvalue weighted by molar-refractivity contribution is 0.0696. The summed E-state index contributed by atoms with van der Waals surface area (Å²) in [6.45, 7) is 1.89. The molecule has 1 atom stereocenters. The lowest BCUT2D eigenvalue weighted by Crippen LogP contribution is -2.15. The van der Waals surface area contributed by atoms with Gasteiger partial charge in [0.25, 0.3) is 0 Å². The van der Waals surface area contributed by atoms with Gasteiger partial charge in [0.1, 0.15) is 11.9 Å². The van der Waals surface area contributed by atoms with E-state index in [1.165, 1.54) is 11.1 Å². The highest BCUT2D eigenvalue weighted by Crippen LogP contribution is 2.34. The predicted molar refractivity (Wildman–Crippen MR) is 80.9 cm³/mol. The van der Waals surface area contributed by atoms with Crippen molar-refractivity contribution in [2.24, 2.45) is 0 Å². The summed E-state index contributed by atoms with van der Waals surface area (Å²) in [7, 11) is 0. The van der Waals surface area contributed by atoms with Gasteiger partial charge in [-0.25, -0.2) is 4.79 Å². The molecule has 1 aliphatic rings. The molecule has 3 heteroatoms. The summed E-state index contributed by atoms with van der Waals surface area (Å²) in [6, 6.07) is 13.4. The maximum atomic E-state index is 11.0. The molecule has 3 nitrogen and oxygen atoms in total. The molecule has 1 unspecified atom stereocenters. The number of fused-ring (bicyclic) bond motifs is 1. The fourth-order valence-corrected chi connectivity index (χ4v) is 2.90. The molecule has 0 saturated heterocycles. The van der Waals surface area contributed by atoms with Crippen LogP contribution in [0.5, 0.6) is 5.75 Å². The zero-order chi connectivity index (χ0) is 14.8. The molecule has 0 amide bonds. The van der Waals surface area contributed by atoms with Gasteiger partial charge >= 0.3 is 5.97 Å². The number of aromatic carboxylic acids is 1. The van der Waals surface area contributed by atoms with Crippen molar-refractivity contribution in [2.45, 2.75) is 32.3 Å². The van der Waals surface area contributed by atoms with Crippen LogP contribution in [0.1, 0.15) is 46.0 Å². The molecule has 108 valence electrons. The first-order valence-corrected chi connectivity index (χ1v) is 7.23. The highest BCUT2D eigenvalue weighted by molar-refractivity contribution is 5.88. The second kappa shape index (κ2) is 5.60. The predicted octanol–water partition coefficient (Wildman–Crippen LogP) is 4.15. The first kappa shape index (κ1) is 13.7. The Labute approximate surface area is 124 Å². The van der Waals surface area contributed by atoms with Crippen molar-refractivity contribution in [1.82, 2.24) is 0 Å².